The summed E-state index contributed by atoms with van der Waals surface area (Å²) in [5.74, 6) is 0.730. The summed E-state index contributed by atoms with van der Waals surface area (Å²) in [7, 11) is 0. The molecule has 3 aromatic rings. The van der Waals surface area contributed by atoms with E-state index in [2.05, 4.69) is 11.9 Å². The van der Waals surface area contributed by atoms with E-state index in [0.717, 1.165) is 29.0 Å². The molecule has 124 valence electrons. The summed E-state index contributed by atoms with van der Waals surface area (Å²) in [5.41, 5.74) is 2.31. The minimum Gasteiger partial charge on any atom is -0.236 e. The molecule has 0 saturated heterocycles. The summed E-state index contributed by atoms with van der Waals surface area (Å²) >= 11 is 1.33. The van der Waals surface area contributed by atoms with Crippen LogP contribution in [0.4, 0.5) is 8.78 Å². The zero-order chi connectivity index (χ0) is 16.7. The van der Waals surface area contributed by atoms with Gasteiger partial charge in [-0.3, -0.25) is 0 Å². The van der Waals surface area contributed by atoms with E-state index >= 15 is 0 Å². The second-order valence-corrected chi connectivity index (χ2v) is 7.86. The fourth-order valence-electron chi connectivity index (χ4n) is 3.57. The van der Waals surface area contributed by atoms with Gasteiger partial charge in [-0.25, -0.2) is 13.8 Å². The number of halogens is 2. The number of benzene rings is 2. The minimum absolute atomic E-state index is 0.231. The molecule has 1 saturated carbocycles. The molecule has 4 rings (SSSR count). The summed E-state index contributed by atoms with van der Waals surface area (Å²) < 4.78 is 28.7. The fourth-order valence-corrected chi connectivity index (χ4v) is 4.58. The van der Waals surface area contributed by atoms with Gasteiger partial charge in [0.2, 0.25) is 0 Å². The summed E-state index contributed by atoms with van der Waals surface area (Å²) in [4.78, 5) is 4.45. The molecule has 1 aromatic heterocycles. The van der Waals surface area contributed by atoms with Gasteiger partial charge in [-0.15, -0.1) is 11.3 Å². The lowest BCUT2D eigenvalue weighted by Crippen LogP contribution is -2.11. The smallest absolute Gasteiger partial charge is 0.133 e. The standard InChI is InChI=1S/C20H19F2NS/c1-12-2-4-13(5-3-12)14-6-8-16(17(22)10-14)20-23-18-9-7-15(21)11-19(18)24-20/h6-13H,2-5H2,1H3. The predicted octanol–water partition coefficient (Wildman–Crippen LogP) is 6.54. The summed E-state index contributed by atoms with van der Waals surface area (Å²) in [6.45, 7) is 2.29. The summed E-state index contributed by atoms with van der Waals surface area (Å²) in [5, 5.41) is 0.608. The van der Waals surface area contributed by atoms with E-state index in [-0.39, 0.29) is 11.6 Å². The highest BCUT2D eigenvalue weighted by molar-refractivity contribution is 7.21. The lowest BCUT2D eigenvalue weighted by Gasteiger charge is -2.26. The first-order valence-electron chi connectivity index (χ1n) is 8.46. The number of nitrogens with zero attached hydrogens (tertiary/aromatic N) is 1. The van der Waals surface area contributed by atoms with E-state index in [9.17, 15) is 8.78 Å². The molecule has 1 aliphatic carbocycles. The first-order valence-corrected chi connectivity index (χ1v) is 9.28. The van der Waals surface area contributed by atoms with E-state index < -0.39 is 0 Å². The quantitative estimate of drug-likeness (QED) is 0.515. The molecule has 0 aliphatic heterocycles. The van der Waals surface area contributed by atoms with Crippen LogP contribution in [0.3, 0.4) is 0 Å². The van der Waals surface area contributed by atoms with Crippen LogP contribution in [0.25, 0.3) is 20.8 Å². The number of rotatable bonds is 2. The molecule has 2 aromatic carbocycles. The van der Waals surface area contributed by atoms with Crippen molar-refractivity contribution in [1.82, 2.24) is 4.98 Å². The van der Waals surface area contributed by atoms with Gasteiger partial charge in [0.25, 0.3) is 0 Å². The maximum Gasteiger partial charge on any atom is 0.133 e. The molecule has 1 nitrogen and oxygen atoms in total. The van der Waals surface area contributed by atoms with Crippen molar-refractivity contribution < 1.29 is 8.78 Å². The third-order valence-electron chi connectivity index (χ3n) is 5.06. The number of fused-ring (bicyclic) bond motifs is 1. The van der Waals surface area contributed by atoms with Crippen LogP contribution in [0, 0.1) is 17.6 Å². The van der Waals surface area contributed by atoms with Gasteiger partial charge >= 0.3 is 0 Å². The maximum atomic E-state index is 14.7. The van der Waals surface area contributed by atoms with E-state index in [0.29, 0.717) is 22.0 Å². The van der Waals surface area contributed by atoms with Crippen LogP contribution in [0.2, 0.25) is 0 Å². The van der Waals surface area contributed by atoms with Crippen molar-refractivity contribution in [3.63, 3.8) is 0 Å². The molecule has 1 fully saturated rings. The van der Waals surface area contributed by atoms with Crippen molar-refractivity contribution in [1.29, 1.82) is 0 Å². The van der Waals surface area contributed by atoms with E-state index in [1.165, 1.54) is 36.3 Å². The second-order valence-electron chi connectivity index (χ2n) is 6.83. The normalized spacial score (nSPS) is 21.3. The molecule has 0 N–H and O–H groups in total. The highest BCUT2D eigenvalue weighted by Crippen LogP contribution is 2.38. The molecule has 0 unspecified atom stereocenters. The van der Waals surface area contributed by atoms with Crippen LogP contribution in [0.1, 0.15) is 44.1 Å². The molecular formula is C20H19F2NS. The van der Waals surface area contributed by atoms with E-state index in [4.69, 9.17) is 0 Å². The Kier molecular flexibility index (Phi) is 4.09. The number of aromatic nitrogens is 1. The molecule has 24 heavy (non-hydrogen) atoms. The zero-order valence-corrected chi connectivity index (χ0v) is 14.4. The van der Waals surface area contributed by atoms with Gasteiger partial charge < -0.3 is 0 Å². The van der Waals surface area contributed by atoms with Crippen LogP contribution in [0.5, 0.6) is 0 Å². The molecule has 1 heterocycles. The van der Waals surface area contributed by atoms with Crippen molar-refractivity contribution in [2.24, 2.45) is 5.92 Å². The van der Waals surface area contributed by atoms with E-state index in [1.54, 1.807) is 12.1 Å². The molecule has 1 aliphatic rings. The highest BCUT2D eigenvalue weighted by atomic mass is 32.1. The molecule has 0 radical (unpaired) electrons. The van der Waals surface area contributed by atoms with Gasteiger partial charge in [-0.2, -0.15) is 0 Å². The van der Waals surface area contributed by atoms with Crippen molar-refractivity contribution in [3.8, 4) is 10.6 Å². The summed E-state index contributed by atoms with van der Waals surface area (Å²) in [6.07, 6.45) is 4.72. The van der Waals surface area contributed by atoms with Gasteiger partial charge in [0.15, 0.2) is 0 Å². The Morgan fingerprint density at radius 1 is 1.00 bits per heavy atom. The Balaban J connectivity index is 1.65. The Bertz CT molecular complexity index is 878. The molecular weight excluding hydrogens is 324 g/mol. The molecule has 4 heteroatoms. The van der Waals surface area contributed by atoms with Gasteiger partial charge in [0.05, 0.1) is 10.2 Å². The minimum atomic E-state index is -0.292. The predicted molar refractivity (Wildman–Crippen MR) is 95.3 cm³/mol. The number of thiazole rings is 1. The third-order valence-corrected chi connectivity index (χ3v) is 6.11. The van der Waals surface area contributed by atoms with Crippen molar-refractivity contribution in [2.45, 2.75) is 38.5 Å². The molecule has 0 bridgehead atoms. The van der Waals surface area contributed by atoms with E-state index in [1.807, 2.05) is 12.1 Å². The third kappa shape index (κ3) is 2.95. The fraction of sp³-hybridized carbons (Fsp3) is 0.350. The van der Waals surface area contributed by atoms with Crippen LogP contribution in [-0.4, -0.2) is 4.98 Å². The topological polar surface area (TPSA) is 12.9 Å². The van der Waals surface area contributed by atoms with Crippen molar-refractivity contribution in [3.05, 3.63) is 53.6 Å². The van der Waals surface area contributed by atoms with Crippen LogP contribution in [0.15, 0.2) is 36.4 Å². The number of hydrogen-bond donors (Lipinski definition) is 0. The van der Waals surface area contributed by atoms with Gasteiger partial charge in [0.1, 0.15) is 16.6 Å². The first-order chi connectivity index (χ1) is 11.6. The Labute approximate surface area is 144 Å². The average molecular weight is 343 g/mol. The van der Waals surface area contributed by atoms with Crippen LogP contribution < -0.4 is 0 Å². The Morgan fingerprint density at radius 2 is 1.79 bits per heavy atom. The zero-order valence-electron chi connectivity index (χ0n) is 13.6. The Hall–Kier alpha value is -1.81. The SMILES string of the molecule is CC1CCC(c2ccc(-c3nc4ccc(F)cc4s3)c(F)c2)CC1. The van der Waals surface area contributed by atoms with Gasteiger partial charge in [0, 0.05) is 5.56 Å². The monoisotopic (exact) mass is 343 g/mol. The average Bonchev–Trinajstić information content (AvgIpc) is 2.98. The maximum absolute atomic E-state index is 14.7. The van der Waals surface area contributed by atoms with Crippen LogP contribution in [-0.2, 0) is 0 Å². The highest BCUT2D eigenvalue weighted by Gasteiger charge is 2.21. The van der Waals surface area contributed by atoms with Gasteiger partial charge in [-0.05, 0) is 60.6 Å². The van der Waals surface area contributed by atoms with Crippen molar-refractivity contribution in [2.75, 3.05) is 0 Å². The first kappa shape index (κ1) is 15.7. The summed E-state index contributed by atoms with van der Waals surface area (Å²) in [6, 6.07) is 10.0. The molecule has 0 spiro atoms. The second kappa shape index (κ2) is 6.25. The number of hydrogen-bond acceptors (Lipinski definition) is 2. The van der Waals surface area contributed by atoms with Crippen molar-refractivity contribution >= 4 is 21.6 Å². The molecule has 0 amide bonds. The van der Waals surface area contributed by atoms with Crippen LogP contribution >= 0.6 is 11.3 Å². The lowest BCUT2D eigenvalue weighted by atomic mass is 9.79. The van der Waals surface area contributed by atoms with Gasteiger partial charge in [-0.1, -0.05) is 25.8 Å². The molecule has 0 atom stereocenters. The Morgan fingerprint density at radius 3 is 2.54 bits per heavy atom. The largest absolute Gasteiger partial charge is 0.236 e. The lowest BCUT2D eigenvalue weighted by molar-refractivity contribution is 0.347.